The number of rotatable bonds is 11. The number of nitrogens with one attached hydrogen (secondary N) is 2. The molecule has 0 fully saturated rings. The van der Waals surface area contributed by atoms with Crippen LogP contribution in [0.2, 0.25) is 0 Å². The third kappa shape index (κ3) is 8.99. The number of carbonyl (C=O) groups excluding carboxylic acids is 1. The van der Waals surface area contributed by atoms with Gasteiger partial charge in [-0.15, -0.1) is 0 Å². The summed E-state index contributed by atoms with van der Waals surface area (Å²) in [5.74, 6) is 0.902. The van der Waals surface area contributed by atoms with Crippen LogP contribution in [-0.4, -0.2) is 44.8 Å². The number of aliphatic imine (C=N–C) groups is 1. The number of hydrogen-bond donors (Lipinski definition) is 3. The van der Waals surface area contributed by atoms with E-state index in [0.717, 1.165) is 25.1 Å². The van der Waals surface area contributed by atoms with Crippen molar-refractivity contribution < 1.29 is 14.3 Å². The lowest BCUT2D eigenvalue weighted by atomic mass is 10.2. The van der Waals surface area contributed by atoms with Crippen LogP contribution in [0.1, 0.15) is 25.8 Å². The fourth-order valence-electron chi connectivity index (χ4n) is 1.90. The summed E-state index contributed by atoms with van der Waals surface area (Å²) in [4.78, 5) is 15.7. The lowest BCUT2D eigenvalue weighted by Crippen LogP contribution is -2.32. The van der Waals surface area contributed by atoms with E-state index in [2.05, 4.69) is 15.6 Å². The lowest BCUT2D eigenvalue weighted by Gasteiger charge is -2.08. The molecular formula is C17H28N4O3. The average Bonchev–Trinajstić information content (AvgIpc) is 2.59. The highest BCUT2D eigenvalue weighted by atomic mass is 16.5. The minimum atomic E-state index is -0.138. The Morgan fingerprint density at radius 1 is 1.29 bits per heavy atom. The molecule has 7 heteroatoms. The number of nitrogens with two attached hydrogens (primary N) is 1. The molecule has 0 saturated heterocycles. The van der Waals surface area contributed by atoms with Crippen LogP contribution in [-0.2, 0) is 16.1 Å². The van der Waals surface area contributed by atoms with Gasteiger partial charge in [-0.25, -0.2) is 4.99 Å². The first-order chi connectivity index (χ1) is 11.7. The molecule has 1 aromatic carbocycles. The van der Waals surface area contributed by atoms with Crippen molar-refractivity contribution >= 4 is 11.9 Å². The van der Waals surface area contributed by atoms with Gasteiger partial charge in [-0.1, -0.05) is 12.1 Å². The molecule has 1 amide bonds. The zero-order valence-electron chi connectivity index (χ0n) is 14.5. The Labute approximate surface area is 143 Å². The molecule has 134 valence electrons. The molecule has 1 rings (SSSR count). The fraction of sp³-hybridized carbons (Fsp3) is 0.529. The van der Waals surface area contributed by atoms with Crippen molar-refractivity contribution in [3.63, 3.8) is 0 Å². The normalized spacial score (nSPS) is 11.2. The van der Waals surface area contributed by atoms with Crippen LogP contribution in [0.15, 0.2) is 29.3 Å². The summed E-state index contributed by atoms with van der Waals surface area (Å²) < 4.78 is 10.7. The predicted octanol–water partition coefficient (Wildman–Crippen LogP) is 1.03. The largest absolute Gasteiger partial charge is 0.484 e. The second-order valence-corrected chi connectivity index (χ2v) is 5.07. The van der Waals surface area contributed by atoms with Gasteiger partial charge in [0.05, 0.1) is 6.54 Å². The number of guanidine groups is 1. The van der Waals surface area contributed by atoms with E-state index in [0.29, 0.717) is 31.4 Å². The van der Waals surface area contributed by atoms with E-state index in [9.17, 15) is 4.79 Å². The van der Waals surface area contributed by atoms with Gasteiger partial charge in [-0.05, 0) is 38.0 Å². The summed E-state index contributed by atoms with van der Waals surface area (Å²) in [6.07, 6.45) is 0.882. The van der Waals surface area contributed by atoms with Gasteiger partial charge < -0.3 is 25.8 Å². The van der Waals surface area contributed by atoms with E-state index in [1.54, 1.807) is 0 Å². The van der Waals surface area contributed by atoms with Crippen molar-refractivity contribution in [3.05, 3.63) is 29.8 Å². The molecule has 0 aromatic heterocycles. The molecule has 24 heavy (non-hydrogen) atoms. The quantitative estimate of drug-likeness (QED) is 0.318. The molecule has 0 saturated carbocycles. The maximum atomic E-state index is 11.4. The molecular weight excluding hydrogens is 308 g/mol. The van der Waals surface area contributed by atoms with Crippen molar-refractivity contribution in [2.24, 2.45) is 10.7 Å². The average molecular weight is 336 g/mol. The highest BCUT2D eigenvalue weighted by molar-refractivity contribution is 5.78. The summed E-state index contributed by atoms with van der Waals surface area (Å²) in [6.45, 7) is 7.04. The smallest absolute Gasteiger partial charge is 0.257 e. The van der Waals surface area contributed by atoms with Gasteiger partial charge >= 0.3 is 0 Å². The molecule has 4 N–H and O–H groups in total. The molecule has 0 aliphatic rings. The van der Waals surface area contributed by atoms with Crippen LogP contribution in [0.4, 0.5) is 0 Å². The monoisotopic (exact) mass is 336 g/mol. The van der Waals surface area contributed by atoms with Crippen LogP contribution < -0.4 is 21.1 Å². The van der Waals surface area contributed by atoms with E-state index in [1.165, 1.54) is 0 Å². The van der Waals surface area contributed by atoms with Crippen LogP contribution in [0.25, 0.3) is 0 Å². The number of likely N-dealkylation sites (N-methyl/N-ethyl adjacent to an activating group) is 1. The van der Waals surface area contributed by atoms with E-state index in [1.807, 2.05) is 38.1 Å². The molecule has 0 aliphatic carbocycles. The van der Waals surface area contributed by atoms with Crippen molar-refractivity contribution in [1.29, 1.82) is 0 Å². The number of amides is 1. The SMILES string of the molecule is CCNC(=O)COc1cccc(CN=C(N)NCCCOCC)c1. The Bertz CT molecular complexity index is 520. The van der Waals surface area contributed by atoms with Gasteiger partial charge in [-0.2, -0.15) is 0 Å². The molecule has 0 bridgehead atoms. The Morgan fingerprint density at radius 3 is 2.88 bits per heavy atom. The van der Waals surface area contributed by atoms with E-state index < -0.39 is 0 Å². The van der Waals surface area contributed by atoms with Gasteiger partial charge in [-0.3, -0.25) is 4.79 Å². The van der Waals surface area contributed by atoms with Gasteiger partial charge in [0.2, 0.25) is 0 Å². The highest BCUT2D eigenvalue weighted by Crippen LogP contribution is 2.13. The second-order valence-electron chi connectivity index (χ2n) is 5.07. The third-order valence-corrected chi connectivity index (χ3v) is 3.05. The fourth-order valence-corrected chi connectivity index (χ4v) is 1.90. The summed E-state index contributed by atoms with van der Waals surface area (Å²) in [5.41, 5.74) is 6.78. The number of carbonyl (C=O) groups is 1. The second kappa shape index (κ2) is 12.2. The Balaban J connectivity index is 2.37. The highest BCUT2D eigenvalue weighted by Gasteiger charge is 2.02. The Hall–Kier alpha value is -2.28. The number of nitrogens with zero attached hydrogens (tertiary/aromatic N) is 1. The summed E-state index contributed by atoms with van der Waals surface area (Å²) in [5, 5.41) is 5.73. The number of ether oxygens (including phenoxy) is 2. The van der Waals surface area contributed by atoms with E-state index in [-0.39, 0.29) is 12.5 Å². The molecule has 0 aliphatic heterocycles. The van der Waals surface area contributed by atoms with Crippen LogP contribution in [0, 0.1) is 0 Å². The summed E-state index contributed by atoms with van der Waals surface area (Å²) >= 11 is 0. The van der Waals surface area contributed by atoms with Crippen LogP contribution in [0.5, 0.6) is 5.75 Å². The Kier molecular flexibility index (Phi) is 10.0. The molecule has 0 unspecified atom stereocenters. The maximum absolute atomic E-state index is 11.4. The van der Waals surface area contributed by atoms with Crippen molar-refractivity contribution in [1.82, 2.24) is 10.6 Å². The number of hydrogen-bond acceptors (Lipinski definition) is 4. The Morgan fingerprint density at radius 2 is 2.12 bits per heavy atom. The first-order valence-corrected chi connectivity index (χ1v) is 8.25. The molecule has 1 aromatic rings. The van der Waals surface area contributed by atoms with Crippen molar-refractivity contribution in [2.45, 2.75) is 26.8 Å². The summed E-state index contributed by atoms with van der Waals surface area (Å²) in [6, 6.07) is 7.46. The molecule has 0 atom stereocenters. The zero-order chi connectivity index (χ0) is 17.6. The lowest BCUT2D eigenvalue weighted by molar-refractivity contribution is -0.122. The minimum Gasteiger partial charge on any atom is -0.484 e. The van der Waals surface area contributed by atoms with E-state index in [4.69, 9.17) is 15.2 Å². The standard InChI is InChI=1S/C17H28N4O3/c1-3-19-16(22)13-24-15-8-5-7-14(11-15)12-21-17(18)20-9-6-10-23-4-2/h5,7-8,11H,3-4,6,9-10,12-13H2,1-2H3,(H,19,22)(H3,18,20,21). The van der Waals surface area contributed by atoms with Crippen molar-refractivity contribution in [3.8, 4) is 5.75 Å². The topological polar surface area (TPSA) is 98.0 Å². The van der Waals surface area contributed by atoms with Gasteiger partial charge in [0.1, 0.15) is 5.75 Å². The maximum Gasteiger partial charge on any atom is 0.257 e. The van der Waals surface area contributed by atoms with Crippen molar-refractivity contribution in [2.75, 3.05) is 32.9 Å². The van der Waals surface area contributed by atoms with Gasteiger partial charge in [0, 0.05) is 26.3 Å². The first-order valence-electron chi connectivity index (χ1n) is 8.25. The molecule has 7 nitrogen and oxygen atoms in total. The number of benzene rings is 1. The van der Waals surface area contributed by atoms with Crippen LogP contribution in [0.3, 0.4) is 0 Å². The zero-order valence-corrected chi connectivity index (χ0v) is 14.5. The van der Waals surface area contributed by atoms with E-state index >= 15 is 0 Å². The molecule has 0 spiro atoms. The third-order valence-electron chi connectivity index (χ3n) is 3.05. The molecule has 0 radical (unpaired) electrons. The summed E-state index contributed by atoms with van der Waals surface area (Å²) in [7, 11) is 0. The van der Waals surface area contributed by atoms with Crippen LogP contribution >= 0.6 is 0 Å². The van der Waals surface area contributed by atoms with Gasteiger partial charge in [0.15, 0.2) is 12.6 Å². The first kappa shape index (κ1) is 19.8. The predicted molar refractivity (Wildman–Crippen MR) is 95.1 cm³/mol. The minimum absolute atomic E-state index is 0.00405. The molecule has 0 heterocycles. The van der Waals surface area contributed by atoms with Gasteiger partial charge in [0.25, 0.3) is 5.91 Å².